The summed E-state index contributed by atoms with van der Waals surface area (Å²) in [7, 11) is 0. The lowest BCUT2D eigenvalue weighted by Gasteiger charge is -2.34. The zero-order valence-electron chi connectivity index (χ0n) is 10.6. The maximum absolute atomic E-state index is 11.6. The highest BCUT2D eigenvalue weighted by molar-refractivity contribution is 7.80. The van der Waals surface area contributed by atoms with E-state index in [0.717, 1.165) is 23.7 Å². The number of nitrogens with zero attached hydrogens (tertiary/aromatic N) is 2. The van der Waals surface area contributed by atoms with Crippen LogP contribution in [0.1, 0.15) is 43.1 Å². The van der Waals surface area contributed by atoms with Crippen molar-refractivity contribution in [3.63, 3.8) is 0 Å². The molecule has 0 unspecified atom stereocenters. The fraction of sp³-hybridized carbons (Fsp3) is 0.571. The number of carbonyl (C=O) groups is 1. The SMILES string of the molecule is CC(=O)c1ncc(S)cc1N1CCC2(CC1)CC2. The van der Waals surface area contributed by atoms with Gasteiger partial charge in [-0.2, -0.15) is 0 Å². The Hall–Kier alpha value is -1.03. The molecule has 18 heavy (non-hydrogen) atoms. The lowest BCUT2D eigenvalue weighted by atomic mass is 9.93. The van der Waals surface area contributed by atoms with E-state index >= 15 is 0 Å². The number of thiol groups is 1. The largest absolute Gasteiger partial charge is 0.370 e. The molecular weight excluding hydrogens is 244 g/mol. The van der Waals surface area contributed by atoms with Crippen molar-refractivity contribution in [2.45, 2.75) is 37.5 Å². The fourth-order valence-electron chi connectivity index (χ4n) is 2.85. The number of carbonyl (C=O) groups excluding carboxylic acids is 1. The lowest BCUT2D eigenvalue weighted by molar-refractivity contribution is 0.101. The number of pyridine rings is 1. The Kier molecular flexibility index (Phi) is 2.85. The van der Waals surface area contributed by atoms with Crippen LogP contribution >= 0.6 is 12.6 Å². The summed E-state index contributed by atoms with van der Waals surface area (Å²) in [5.41, 5.74) is 2.20. The third-order valence-corrected chi connectivity index (χ3v) is 4.55. The van der Waals surface area contributed by atoms with Crippen molar-refractivity contribution >= 4 is 24.1 Å². The molecule has 96 valence electrons. The lowest BCUT2D eigenvalue weighted by Crippen LogP contribution is -2.35. The van der Waals surface area contributed by atoms with E-state index in [2.05, 4.69) is 22.5 Å². The van der Waals surface area contributed by atoms with E-state index in [1.807, 2.05) is 6.07 Å². The Bertz CT molecular complexity index is 487. The van der Waals surface area contributed by atoms with Crippen molar-refractivity contribution in [3.8, 4) is 0 Å². The second-order valence-corrected chi connectivity index (χ2v) is 6.12. The number of aromatic nitrogens is 1. The summed E-state index contributed by atoms with van der Waals surface area (Å²) >= 11 is 4.34. The molecule has 0 atom stereocenters. The van der Waals surface area contributed by atoms with Crippen LogP contribution in [0.2, 0.25) is 0 Å². The van der Waals surface area contributed by atoms with Crippen molar-refractivity contribution < 1.29 is 4.79 Å². The predicted octanol–water partition coefficient (Wildman–Crippen LogP) is 2.95. The molecule has 1 spiro atoms. The molecule has 0 aromatic carbocycles. The Morgan fingerprint density at radius 3 is 2.56 bits per heavy atom. The fourth-order valence-corrected chi connectivity index (χ4v) is 3.03. The van der Waals surface area contributed by atoms with Crippen LogP contribution in [0.3, 0.4) is 0 Å². The first-order valence-corrected chi connectivity index (χ1v) is 6.99. The van der Waals surface area contributed by atoms with Gasteiger partial charge in [0.2, 0.25) is 0 Å². The van der Waals surface area contributed by atoms with Gasteiger partial charge in [0.25, 0.3) is 0 Å². The first-order valence-electron chi connectivity index (χ1n) is 6.55. The van der Waals surface area contributed by atoms with Crippen molar-refractivity contribution in [1.29, 1.82) is 0 Å². The van der Waals surface area contributed by atoms with Gasteiger partial charge in [-0.05, 0) is 37.2 Å². The molecule has 1 aliphatic heterocycles. The van der Waals surface area contributed by atoms with Crippen LogP contribution in [-0.4, -0.2) is 23.9 Å². The van der Waals surface area contributed by atoms with Gasteiger partial charge in [0.15, 0.2) is 5.78 Å². The number of piperidine rings is 1. The van der Waals surface area contributed by atoms with Crippen LogP contribution in [0.5, 0.6) is 0 Å². The summed E-state index contributed by atoms with van der Waals surface area (Å²) in [5, 5.41) is 0. The topological polar surface area (TPSA) is 33.2 Å². The number of Topliss-reactive ketones (excluding diaryl/α,β-unsaturated/α-hetero) is 1. The highest BCUT2D eigenvalue weighted by atomic mass is 32.1. The number of hydrogen-bond donors (Lipinski definition) is 1. The highest BCUT2D eigenvalue weighted by Gasteiger charge is 2.44. The quantitative estimate of drug-likeness (QED) is 0.657. The molecule has 2 heterocycles. The van der Waals surface area contributed by atoms with E-state index in [1.54, 1.807) is 13.1 Å². The summed E-state index contributed by atoms with van der Waals surface area (Å²) in [5.74, 6) is 0.0324. The summed E-state index contributed by atoms with van der Waals surface area (Å²) in [6.45, 7) is 3.66. The van der Waals surface area contributed by atoms with E-state index in [1.165, 1.54) is 25.7 Å². The van der Waals surface area contributed by atoms with Gasteiger partial charge >= 0.3 is 0 Å². The van der Waals surface area contributed by atoms with Gasteiger partial charge in [-0.15, -0.1) is 12.6 Å². The summed E-state index contributed by atoms with van der Waals surface area (Å²) < 4.78 is 0. The second-order valence-electron chi connectivity index (χ2n) is 5.60. The molecule has 0 N–H and O–H groups in total. The second kappa shape index (κ2) is 4.26. The summed E-state index contributed by atoms with van der Waals surface area (Å²) in [4.78, 5) is 19.0. The molecule has 1 aromatic rings. The van der Waals surface area contributed by atoms with Crippen LogP contribution in [0, 0.1) is 5.41 Å². The zero-order valence-corrected chi connectivity index (χ0v) is 11.5. The smallest absolute Gasteiger partial charge is 0.180 e. The molecule has 0 amide bonds. The van der Waals surface area contributed by atoms with Crippen molar-refractivity contribution in [2.24, 2.45) is 5.41 Å². The molecule has 1 aliphatic carbocycles. The van der Waals surface area contributed by atoms with Gasteiger partial charge in [0.1, 0.15) is 5.69 Å². The zero-order chi connectivity index (χ0) is 12.8. The Morgan fingerprint density at radius 1 is 1.33 bits per heavy atom. The molecule has 1 saturated carbocycles. The summed E-state index contributed by atoms with van der Waals surface area (Å²) in [6.07, 6.45) is 6.94. The number of hydrogen-bond acceptors (Lipinski definition) is 4. The predicted molar refractivity (Wildman–Crippen MR) is 74.6 cm³/mol. The molecule has 0 radical (unpaired) electrons. The van der Waals surface area contributed by atoms with Crippen molar-refractivity contribution in [3.05, 3.63) is 18.0 Å². The van der Waals surface area contributed by atoms with Crippen LogP contribution < -0.4 is 4.90 Å². The van der Waals surface area contributed by atoms with Crippen LogP contribution in [0.25, 0.3) is 0 Å². The molecule has 2 fully saturated rings. The molecule has 4 heteroatoms. The molecule has 2 aliphatic rings. The van der Waals surface area contributed by atoms with E-state index in [9.17, 15) is 4.79 Å². The first-order chi connectivity index (χ1) is 8.60. The number of anilines is 1. The third-order valence-electron chi connectivity index (χ3n) is 4.31. The minimum atomic E-state index is 0.0324. The van der Waals surface area contributed by atoms with E-state index in [4.69, 9.17) is 0 Å². The van der Waals surface area contributed by atoms with E-state index in [0.29, 0.717) is 11.1 Å². The Labute approximate surface area is 113 Å². The van der Waals surface area contributed by atoms with Gasteiger partial charge in [0, 0.05) is 31.1 Å². The Balaban J connectivity index is 1.86. The highest BCUT2D eigenvalue weighted by Crippen LogP contribution is 2.54. The third kappa shape index (κ3) is 2.14. The first kappa shape index (κ1) is 12.0. The van der Waals surface area contributed by atoms with Crippen LogP contribution in [-0.2, 0) is 0 Å². The van der Waals surface area contributed by atoms with Crippen LogP contribution in [0.4, 0.5) is 5.69 Å². The maximum atomic E-state index is 11.6. The van der Waals surface area contributed by atoms with Gasteiger partial charge in [-0.1, -0.05) is 0 Å². The maximum Gasteiger partial charge on any atom is 0.180 e. The molecule has 3 rings (SSSR count). The Morgan fingerprint density at radius 2 is 2.00 bits per heavy atom. The molecule has 3 nitrogen and oxygen atoms in total. The van der Waals surface area contributed by atoms with Gasteiger partial charge in [-0.25, -0.2) is 4.98 Å². The molecule has 1 saturated heterocycles. The van der Waals surface area contributed by atoms with Gasteiger partial charge in [-0.3, -0.25) is 4.79 Å². The number of ketones is 1. The standard InChI is InChI=1S/C14H18N2OS/c1-10(17)13-12(8-11(18)9-15-13)16-6-4-14(2-3-14)5-7-16/h8-9,18H,2-7H2,1H3. The van der Waals surface area contributed by atoms with E-state index < -0.39 is 0 Å². The van der Waals surface area contributed by atoms with Gasteiger partial charge < -0.3 is 4.90 Å². The monoisotopic (exact) mass is 262 g/mol. The molecule has 0 bridgehead atoms. The normalized spacial score (nSPS) is 21.1. The van der Waals surface area contributed by atoms with Crippen LogP contribution in [0.15, 0.2) is 17.2 Å². The van der Waals surface area contributed by atoms with E-state index in [-0.39, 0.29) is 5.78 Å². The van der Waals surface area contributed by atoms with Crippen molar-refractivity contribution in [1.82, 2.24) is 4.98 Å². The molecular formula is C14H18N2OS. The minimum Gasteiger partial charge on any atom is -0.370 e. The minimum absolute atomic E-state index is 0.0324. The average molecular weight is 262 g/mol. The summed E-state index contributed by atoms with van der Waals surface area (Å²) in [6, 6.07) is 1.97. The van der Waals surface area contributed by atoms with Crippen molar-refractivity contribution in [2.75, 3.05) is 18.0 Å². The average Bonchev–Trinajstić information content (AvgIpc) is 3.09. The molecule has 1 aromatic heterocycles. The number of rotatable bonds is 2. The van der Waals surface area contributed by atoms with Gasteiger partial charge in [0.05, 0.1) is 5.69 Å².